The standard InChI is InChI=1S/C21H28N3O5PS/c1-28-30(26,29-2)20-14-22-19(13-23-20)24-21(25)18(12-15-6-4-5-7-15)16-8-10-17(11-9-16)31(3)27/h8-11,13-15,18H,4-7,12H2,1-3H3,(H,22,24,25)/t18-,31?/m1/s1. The van der Waals surface area contributed by atoms with Gasteiger partial charge < -0.3 is 14.4 Å². The summed E-state index contributed by atoms with van der Waals surface area (Å²) in [5.74, 6) is 0.225. The van der Waals surface area contributed by atoms with Crippen molar-refractivity contribution in [1.82, 2.24) is 9.97 Å². The Bertz CT molecular complexity index is 954. The van der Waals surface area contributed by atoms with Crippen molar-refractivity contribution < 1.29 is 22.6 Å². The normalized spacial score (nSPS) is 16.7. The van der Waals surface area contributed by atoms with Gasteiger partial charge in [0.2, 0.25) is 5.91 Å². The van der Waals surface area contributed by atoms with Crippen molar-refractivity contribution in [3.63, 3.8) is 0 Å². The van der Waals surface area contributed by atoms with E-state index >= 15 is 0 Å². The molecule has 0 aliphatic heterocycles. The number of anilines is 1. The van der Waals surface area contributed by atoms with Crippen molar-refractivity contribution >= 4 is 35.6 Å². The van der Waals surface area contributed by atoms with E-state index in [0.717, 1.165) is 29.7 Å². The second-order valence-corrected chi connectivity index (χ2v) is 11.1. The summed E-state index contributed by atoms with van der Waals surface area (Å²) in [6.07, 6.45) is 9.63. The van der Waals surface area contributed by atoms with Gasteiger partial charge in [0.25, 0.3) is 0 Å². The van der Waals surface area contributed by atoms with Crippen molar-refractivity contribution in [3.8, 4) is 0 Å². The van der Waals surface area contributed by atoms with Crippen LogP contribution in [0.1, 0.15) is 43.6 Å². The lowest BCUT2D eigenvalue weighted by molar-refractivity contribution is -0.118. The fourth-order valence-corrected chi connectivity index (χ4v) is 5.31. The van der Waals surface area contributed by atoms with Crippen molar-refractivity contribution in [3.05, 3.63) is 42.2 Å². The highest BCUT2D eigenvalue weighted by Gasteiger charge is 2.29. The first-order valence-electron chi connectivity index (χ1n) is 10.1. The van der Waals surface area contributed by atoms with Crippen molar-refractivity contribution in [1.29, 1.82) is 0 Å². The molecule has 1 aromatic carbocycles. The lowest BCUT2D eigenvalue weighted by Crippen LogP contribution is -2.24. The summed E-state index contributed by atoms with van der Waals surface area (Å²) in [4.78, 5) is 22.1. The van der Waals surface area contributed by atoms with Crippen molar-refractivity contribution in [2.45, 2.75) is 42.9 Å². The Hall–Kier alpha value is -1.93. The molecule has 1 heterocycles. The molecule has 1 N–H and O–H groups in total. The third-order valence-electron chi connectivity index (χ3n) is 5.63. The number of benzene rings is 1. The highest BCUT2D eigenvalue weighted by molar-refractivity contribution is 7.84. The summed E-state index contributed by atoms with van der Waals surface area (Å²) in [6, 6.07) is 7.36. The van der Waals surface area contributed by atoms with Crippen molar-refractivity contribution in [2.75, 3.05) is 25.8 Å². The quantitative estimate of drug-likeness (QED) is 0.564. The van der Waals surface area contributed by atoms with Crippen molar-refractivity contribution in [2.24, 2.45) is 5.92 Å². The minimum atomic E-state index is -3.50. The summed E-state index contributed by atoms with van der Waals surface area (Å²) in [6.45, 7) is 0. The van der Waals surface area contributed by atoms with Gasteiger partial charge in [0.05, 0.1) is 18.3 Å². The highest BCUT2D eigenvalue weighted by Crippen LogP contribution is 2.44. The Morgan fingerprint density at radius 1 is 1.16 bits per heavy atom. The van der Waals surface area contributed by atoms with Crippen LogP contribution in [0.5, 0.6) is 0 Å². The van der Waals surface area contributed by atoms with Crippen LogP contribution in [0.4, 0.5) is 5.82 Å². The van der Waals surface area contributed by atoms with Gasteiger partial charge in [0, 0.05) is 36.2 Å². The van der Waals surface area contributed by atoms with Crippen LogP contribution in [-0.4, -0.2) is 40.6 Å². The molecule has 0 spiro atoms. The first-order chi connectivity index (χ1) is 14.9. The smallest absolute Gasteiger partial charge is 0.309 e. The molecule has 1 aromatic heterocycles. The molecule has 0 bridgehead atoms. The van der Waals surface area contributed by atoms with Crippen LogP contribution in [-0.2, 0) is 29.2 Å². The first kappa shape index (κ1) is 23.7. The van der Waals surface area contributed by atoms with E-state index in [2.05, 4.69) is 15.3 Å². The van der Waals surface area contributed by atoms with E-state index in [4.69, 9.17) is 9.05 Å². The summed E-state index contributed by atoms with van der Waals surface area (Å²) in [5.41, 5.74) is 0.951. The molecule has 2 aromatic rings. The van der Waals surface area contributed by atoms with Crippen LogP contribution in [0.3, 0.4) is 0 Å². The van der Waals surface area contributed by atoms with Crippen LogP contribution in [0.15, 0.2) is 41.6 Å². The molecule has 0 radical (unpaired) electrons. The number of nitrogens with zero attached hydrogens (tertiary/aromatic N) is 2. The average Bonchev–Trinajstić information content (AvgIpc) is 3.31. The topological polar surface area (TPSA) is 107 Å². The Morgan fingerprint density at radius 2 is 1.81 bits per heavy atom. The molecular weight excluding hydrogens is 437 g/mol. The number of amides is 1. The molecule has 1 fully saturated rings. The Labute approximate surface area is 185 Å². The van der Waals surface area contributed by atoms with Gasteiger partial charge in [0.15, 0.2) is 11.3 Å². The first-order valence-corrected chi connectivity index (χ1v) is 13.2. The zero-order chi connectivity index (χ0) is 22.4. The van der Waals surface area contributed by atoms with Gasteiger partial charge in [-0.2, -0.15) is 0 Å². The van der Waals surface area contributed by atoms with E-state index < -0.39 is 18.4 Å². The molecule has 1 saturated carbocycles. The Kier molecular flexibility index (Phi) is 8.11. The van der Waals surface area contributed by atoms with E-state index in [9.17, 15) is 13.6 Å². The minimum Gasteiger partial charge on any atom is -0.309 e. The molecule has 1 aliphatic rings. The van der Waals surface area contributed by atoms with Gasteiger partial charge in [-0.1, -0.05) is 37.8 Å². The van der Waals surface area contributed by atoms with Crippen LogP contribution < -0.4 is 10.8 Å². The number of hydrogen-bond acceptors (Lipinski definition) is 7. The van der Waals surface area contributed by atoms with Gasteiger partial charge in [-0.3, -0.25) is 13.6 Å². The number of aromatic nitrogens is 2. The number of carbonyl (C=O) groups is 1. The van der Waals surface area contributed by atoms with Crippen LogP contribution >= 0.6 is 7.60 Å². The number of rotatable bonds is 9. The molecule has 0 saturated heterocycles. The van der Waals surface area contributed by atoms with E-state index in [1.54, 1.807) is 6.26 Å². The van der Waals surface area contributed by atoms with Gasteiger partial charge in [-0.05, 0) is 30.0 Å². The van der Waals surface area contributed by atoms with Gasteiger partial charge in [-0.15, -0.1) is 0 Å². The number of hydrogen-bond donors (Lipinski definition) is 1. The van der Waals surface area contributed by atoms with Gasteiger partial charge >= 0.3 is 7.60 Å². The molecule has 168 valence electrons. The zero-order valence-corrected chi connectivity index (χ0v) is 19.7. The molecule has 2 atom stereocenters. The average molecular weight is 466 g/mol. The maximum atomic E-state index is 13.2. The van der Waals surface area contributed by atoms with E-state index in [0.29, 0.717) is 5.92 Å². The number of carbonyl (C=O) groups excluding carboxylic acids is 1. The van der Waals surface area contributed by atoms with E-state index in [1.807, 2.05) is 24.3 Å². The maximum Gasteiger partial charge on any atom is 0.380 e. The minimum absolute atomic E-state index is 0.0705. The monoisotopic (exact) mass is 465 g/mol. The van der Waals surface area contributed by atoms with Crippen LogP contribution in [0.25, 0.3) is 0 Å². The molecule has 1 amide bonds. The van der Waals surface area contributed by atoms with E-state index in [-0.39, 0.29) is 23.1 Å². The van der Waals surface area contributed by atoms with Gasteiger partial charge in [-0.25, -0.2) is 9.97 Å². The highest BCUT2D eigenvalue weighted by atomic mass is 32.2. The predicted molar refractivity (Wildman–Crippen MR) is 120 cm³/mol. The molecular formula is C21H28N3O5PS. The summed E-state index contributed by atoms with van der Waals surface area (Å²) in [5, 5.41) is 2.82. The Morgan fingerprint density at radius 3 is 2.32 bits per heavy atom. The van der Waals surface area contributed by atoms with Gasteiger partial charge in [0.1, 0.15) is 0 Å². The fourth-order valence-electron chi connectivity index (χ4n) is 3.87. The van der Waals surface area contributed by atoms with E-state index in [1.165, 1.54) is 39.5 Å². The molecule has 3 rings (SSSR count). The SMILES string of the molecule is COP(=O)(OC)c1cnc(NC(=O)[C@H](CC2CCCC2)c2ccc(S(C)=O)cc2)cn1. The zero-order valence-electron chi connectivity index (χ0n) is 17.9. The summed E-state index contributed by atoms with van der Waals surface area (Å²) in [7, 11) is -2.02. The molecule has 31 heavy (non-hydrogen) atoms. The second kappa shape index (κ2) is 10.6. The van der Waals surface area contributed by atoms with Crippen LogP contribution in [0, 0.1) is 5.92 Å². The lowest BCUT2D eigenvalue weighted by Gasteiger charge is -2.21. The summed E-state index contributed by atoms with van der Waals surface area (Å²) < 4.78 is 33.9. The number of nitrogens with one attached hydrogen (secondary N) is 1. The lowest BCUT2D eigenvalue weighted by atomic mass is 9.87. The molecule has 10 heteroatoms. The Balaban J connectivity index is 1.79. The molecule has 1 aliphatic carbocycles. The fraction of sp³-hybridized carbons (Fsp3) is 0.476. The maximum absolute atomic E-state index is 13.2. The largest absolute Gasteiger partial charge is 0.380 e. The summed E-state index contributed by atoms with van der Waals surface area (Å²) >= 11 is 0. The van der Waals surface area contributed by atoms with Crippen LogP contribution in [0.2, 0.25) is 0 Å². The third-order valence-corrected chi connectivity index (χ3v) is 8.32. The molecule has 1 unspecified atom stereocenters. The molecule has 8 nitrogen and oxygen atoms in total. The second-order valence-electron chi connectivity index (χ2n) is 7.57. The third kappa shape index (κ3) is 5.86. The predicted octanol–water partition coefficient (Wildman–Crippen LogP) is 3.63.